The fourth-order valence-corrected chi connectivity index (χ4v) is 2.93. The van der Waals surface area contributed by atoms with Crippen LogP contribution in [0.3, 0.4) is 0 Å². The van der Waals surface area contributed by atoms with Gasteiger partial charge in [-0.25, -0.2) is 4.98 Å². The first-order valence-corrected chi connectivity index (χ1v) is 6.87. The lowest BCUT2D eigenvalue weighted by Gasteiger charge is -2.43. The van der Waals surface area contributed by atoms with Gasteiger partial charge in [-0.2, -0.15) is 0 Å². The zero-order valence-corrected chi connectivity index (χ0v) is 12.2. The van der Waals surface area contributed by atoms with Crippen LogP contribution < -0.4 is 0 Å². The monoisotopic (exact) mass is 298 g/mol. The molecule has 2 rings (SSSR count). The van der Waals surface area contributed by atoms with E-state index in [1.807, 2.05) is 12.1 Å². The molecule has 1 aliphatic rings. The molecule has 0 amide bonds. The highest BCUT2D eigenvalue weighted by atomic mass is 35.5. The second-order valence-electron chi connectivity index (χ2n) is 5.00. The summed E-state index contributed by atoms with van der Waals surface area (Å²) in [5.41, 5.74) is 0.969. The Morgan fingerprint density at radius 2 is 2.00 bits per heavy atom. The van der Waals surface area contributed by atoms with E-state index in [2.05, 4.69) is 4.98 Å². The molecule has 0 saturated heterocycles. The van der Waals surface area contributed by atoms with Gasteiger partial charge in [-0.05, 0) is 30.5 Å². The molecule has 0 bridgehead atoms. The second-order valence-corrected chi connectivity index (χ2v) is 5.77. The Labute approximate surface area is 122 Å². The van der Waals surface area contributed by atoms with Gasteiger partial charge in [0.2, 0.25) is 0 Å². The zero-order valence-electron chi connectivity index (χ0n) is 10.7. The Bertz CT molecular complexity index is 491. The topological polar surface area (TPSA) is 63.8 Å². The average Bonchev–Trinajstić information content (AvgIpc) is 2.31. The number of hydrogen-bond acceptors (Lipinski definition) is 3. The molecule has 102 valence electrons. The predicted molar refractivity (Wildman–Crippen MR) is 78.7 cm³/mol. The van der Waals surface area contributed by atoms with Crippen molar-refractivity contribution in [3.8, 4) is 0 Å². The molecule has 1 heterocycles. The molecule has 0 aromatic carbocycles. The Balaban J connectivity index is 2.27. The lowest BCUT2D eigenvalue weighted by atomic mass is 9.62. The third-order valence-corrected chi connectivity index (χ3v) is 4.20. The largest absolute Gasteiger partial charge is 0.325 e. The molecule has 0 atom stereocenters. The minimum atomic E-state index is -0.0788. The van der Waals surface area contributed by atoms with Crippen molar-refractivity contribution in [1.82, 2.24) is 9.88 Å². The van der Waals surface area contributed by atoms with E-state index in [1.165, 1.54) is 4.90 Å². The van der Waals surface area contributed by atoms with Crippen molar-refractivity contribution in [3.05, 3.63) is 28.0 Å². The Morgan fingerprint density at radius 1 is 1.42 bits per heavy atom. The zero-order chi connectivity index (χ0) is 14.0. The number of nitrogens with one attached hydrogen (secondary N) is 2. The van der Waals surface area contributed by atoms with Gasteiger partial charge >= 0.3 is 0 Å². The fraction of sp³-hybridized carbons (Fsp3) is 0.462. The fourth-order valence-electron chi connectivity index (χ4n) is 2.47. The molecule has 1 saturated carbocycles. The van der Waals surface area contributed by atoms with Crippen molar-refractivity contribution in [2.75, 3.05) is 7.05 Å². The van der Waals surface area contributed by atoms with Crippen LogP contribution in [0, 0.1) is 10.8 Å². The van der Waals surface area contributed by atoms with E-state index in [1.54, 1.807) is 7.05 Å². The normalized spacial score (nSPS) is 16.6. The smallest absolute Gasteiger partial charge is 0.131 e. The van der Waals surface area contributed by atoms with Crippen LogP contribution in [0.15, 0.2) is 12.1 Å². The van der Waals surface area contributed by atoms with E-state index in [4.69, 9.17) is 34.0 Å². The van der Waals surface area contributed by atoms with Crippen molar-refractivity contribution < 1.29 is 0 Å². The molecule has 1 fully saturated rings. The van der Waals surface area contributed by atoms with E-state index < -0.39 is 0 Å². The summed E-state index contributed by atoms with van der Waals surface area (Å²) >= 11 is 11.9. The Morgan fingerprint density at radius 3 is 2.42 bits per heavy atom. The molecule has 0 aliphatic heterocycles. The molecule has 6 heteroatoms. The lowest BCUT2D eigenvalue weighted by Crippen LogP contribution is -2.40. The summed E-state index contributed by atoms with van der Waals surface area (Å²) in [6.07, 6.45) is 4.91. The third kappa shape index (κ3) is 2.90. The summed E-state index contributed by atoms with van der Waals surface area (Å²) in [6, 6.07) is 3.68. The molecule has 1 aliphatic carbocycles. The van der Waals surface area contributed by atoms with Gasteiger partial charge < -0.3 is 4.90 Å². The summed E-state index contributed by atoms with van der Waals surface area (Å²) in [7, 11) is 1.72. The van der Waals surface area contributed by atoms with E-state index in [0.717, 1.165) is 31.2 Å². The highest BCUT2D eigenvalue weighted by molar-refractivity contribution is 6.32. The van der Waals surface area contributed by atoms with Gasteiger partial charge in [0, 0.05) is 18.9 Å². The highest BCUT2D eigenvalue weighted by Crippen LogP contribution is 2.47. The van der Waals surface area contributed by atoms with Crippen LogP contribution in [0.4, 0.5) is 0 Å². The molecular weight excluding hydrogens is 283 g/mol. The van der Waals surface area contributed by atoms with Crippen molar-refractivity contribution in [3.63, 3.8) is 0 Å². The van der Waals surface area contributed by atoms with Crippen LogP contribution in [-0.4, -0.2) is 29.1 Å². The molecule has 19 heavy (non-hydrogen) atoms. The first-order chi connectivity index (χ1) is 8.97. The number of rotatable bonds is 4. The van der Waals surface area contributed by atoms with Crippen molar-refractivity contribution in [2.24, 2.45) is 0 Å². The standard InChI is InChI=1S/C13H16Cl2N4/c1-19(8-16)12(17)7-13(3-2-4-13)9-5-10(14)18-11(15)6-9/h5-6,8,16-17H,2-4,7H2,1H3. The van der Waals surface area contributed by atoms with Crippen LogP contribution >= 0.6 is 23.2 Å². The summed E-state index contributed by atoms with van der Waals surface area (Å²) < 4.78 is 0. The maximum Gasteiger partial charge on any atom is 0.131 e. The number of amidine groups is 1. The molecule has 1 aromatic heterocycles. The van der Waals surface area contributed by atoms with E-state index >= 15 is 0 Å². The molecule has 4 nitrogen and oxygen atoms in total. The number of pyridine rings is 1. The van der Waals surface area contributed by atoms with Gasteiger partial charge in [0.1, 0.15) is 16.1 Å². The lowest BCUT2D eigenvalue weighted by molar-refractivity contribution is 0.249. The van der Waals surface area contributed by atoms with Crippen molar-refractivity contribution >= 4 is 35.4 Å². The van der Waals surface area contributed by atoms with E-state index in [9.17, 15) is 0 Å². The van der Waals surface area contributed by atoms with Gasteiger partial charge in [0.25, 0.3) is 0 Å². The van der Waals surface area contributed by atoms with E-state index in [0.29, 0.717) is 22.6 Å². The molecule has 0 spiro atoms. The van der Waals surface area contributed by atoms with Crippen molar-refractivity contribution in [1.29, 1.82) is 10.8 Å². The molecule has 0 unspecified atom stereocenters. The van der Waals surface area contributed by atoms with Gasteiger partial charge in [0.05, 0.1) is 6.34 Å². The van der Waals surface area contributed by atoms with Crippen LogP contribution in [0.2, 0.25) is 10.3 Å². The Kier molecular flexibility index (Phi) is 4.11. The first-order valence-electron chi connectivity index (χ1n) is 6.11. The minimum Gasteiger partial charge on any atom is -0.325 e. The summed E-state index contributed by atoms with van der Waals surface area (Å²) in [6.45, 7) is 0. The predicted octanol–water partition coefficient (Wildman–Crippen LogP) is 3.72. The Hall–Kier alpha value is -1.13. The maximum absolute atomic E-state index is 8.04. The molecule has 0 radical (unpaired) electrons. The van der Waals surface area contributed by atoms with Crippen LogP contribution in [0.25, 0.3) is 0 Å². The molecule has 1 aromatic rings. The second kappa shape index (κ2) is 5.47. The number of halogens is 2. The summed E-state index contributed by atoms with van der Waals surface area (Å²) in [5, 5.41) is 16.0. The van der Waals surface area contributed by atoms with Gasteiger partial charge in [0.15, 0.2) is 0 Å². The van der Waals surface area contributed by atoms with Gasteiger partial charge in [-0.15, -0.1) is 0 Å². The SMILES string of the molecule is CN(C=N)C(=N)CC1(c2cc(Cl)nc(Cl)c2)CCC1. The number of nitrogens with zero attached hydrogens (tertiary/aromatic N) is 2. The summed E-state index contributed by atoms with van der Waals surface area (Å²) in [4.78, 5) is 5.49. The van der Waals surface area contributed by atoms with Crippen LogP contribution in [0.1, 0.15) is 31.2 Å². The maximum atomic E-state index is 8.04. The molecule has 2 N–H and O–H groups in total. The third-order valence-electron chi connectivity index (χ3n) is 3.81. The van der Waals surface area contributed by atoms with Gasteiger partial charge in [-0.1, -0.05) is 29.6 Å². The summed E-state index contributed by atoms with van der Waals surface area (Å²) in [5.74, 6) is 0.429. The molecular formula is C13H16Cl2N4. The van der Waals surface area contributed by atoms with Crippen LogP contribution in [-0.2, 0) is 5.41 Å². The number of hydrogen-bond donors (Lipinski definition) is 2. The average molecular weight is 299 g/mol. The minimum absolute atomic E-state index is 0.0788. The van der Waals surface area contributed by atoms with E-state index in [-0.39, 0.29) is 5.41 Å². The van der Waals surface area contributed by atoms with Crippen molar-refractivity contribution in [2.45, 2.75) is 31.1 Å². The number of aromatic nitrogens is 1. The van der Waals surface area contributed by atoms with Gasteiger partial charge in [-0.3, -0.25) is 10.8 Å². The highest BCUT2D eigenvalue weighted by Gasteiger charge is 2.40. The first kappa shape index (κ1) is 14.3. The van der Waals surface area contributed by atoms with Crippen LogP contribution in [0.5, 0.6) is 0 Å². The quantitative estimate of drug-likeness (QED) is 0.505.